The van der Waals surface area contributed by atoms with Gasteiger partial charge in [0.1, 0.15) is 22.4 Å². The van der Waals surface area contributed by atoms with Crippen LogP contribution >= 0.6 is 11.3 Å². The largest absolute Gasteiger partial charge is 0.361 e. The minimum absolute atomic E-state index is 0.261. The third-order valence-corrected chi connectivity index (χ3v) is 5.71. The van der Waals surface area contributed by atoms with E-state index in [4.69, 9.17) is 4.52 Å². The van der Waals surface area contributed by atoms with E-state index in [0.29, 0.717) is 33.5 Å². The van der Waals surface area contributed by atoms with Gasteiger partial charge in [-0.2, -0.15) is 5.26 Å². The molecule has 0 fully saturated rings. The number of rotatable bonds is 3. The Morgan fingerprint density at radius 3 is 2.91 bits per heavy atom. The molecular weight excluding hydrogens is 310 g/mol. The number of hydrogen-bond acceptors (Lipinski definition) is 5. The highest BCUT2D eigenvalue weighted by Crippen LogP contribution is 2.40. The topological polar surface area (TPSA) is 78.9 Å². The summed E-state index contributed by atoms with van der Waals surface area (Å²) in [4.78, 5) is 13.7. The standard InChI is InChI=1S/C17H19N3O2S/c1-4-11-5-6-12-13(8-18)17(23-14(12)7-11)19-16(21)15-9(2)20-22-10(15)3/h11H,4-7H2,1-3H3,(H,19,21). The van der Waals surface area contributed by atoms with Crippen LogP contribution in [-0.2, 0) is 12.8 Å². The van der Waals surface area contributed by atoms with Crippen molar-refractivity contribution in [1.29, 1.82) is 5.26 Å². The van der Waals surface area contributed by atoms with Crippen molar-refractivity contribution < 1.29 is 9.32 Å². The van der Waals surface area contributed by atoms with Gasteiger partial charge in [-0.3, -0.25) is 4.79 Å². The van der Waals surface area contributed by atoms with Crippen LogP contribution in [-0.4, -0.2) is 11.1 Å². The first-order valence-electron chi connectivity index (χ1n) is 7.84. The van der Waals surface area contributed by atoms with Crippen molar-refractivity contribution in [3.63, 3.8) is 0 Å². The van der Waals surface area contributed by atoms with Gasteiger partial charge < -0.3 is 9.84 Å². The Hall–Kier alpha value is -2.13. The van der Waals surface area contributed by atoms with E-state index >= 15 is 0 Å². The van der Waals surface area contributed by atoms with Crippen molar-refractivity contribution in [3.05, 3.63) is 33.0 Å². The van der Waals surface area contributed by atoms with Crippen LogP contribution in [0.1, 0.15) is 57.6 Å². The molecule has 1 aliphatic carbocycles. The fraction of sp³-hybridized carbons (Fsp3) is 0.471. The van der Waals surface area contributed by atoms with Gasteiger partial charge >= 0.3 is 0 Å². The number of aromatic nitrogens is 1. The van der Waals surface area contributed by atoms with Crippen LogP contribution in [0.2, 0.25) is 0 Å². The maximum absolute atomic E-state index is 12.5. The summed E-state index contributed by atoms with van der Waals surface area (Å²) in [5.41, 5.74) is 2.76. The Bertz CT molecular complexity index is 778. The van der Waals surface area contributed by atoms with Gasteiger partial charge in [-0.15, -0.1) is 11.3 Å². The van der Waals surface area contributed by atoms with E-state index in [-0.39, 0.29) is 5.91 Å². The number of nitriles is 1. The van der Waals surface area contributed by atoms with Crippen LogP contribution in [0.5, 0.6) is 0 Å². The summed E-state index contributed by atoms with van der Waals surface area (Å²) < 4.78 is 5.05. The van der Waals surface area contributed by atoms with Crippen LogP contribution in [0.25, 0.3) is 0 Å². The van der Waals surface area contributed by atoms with Gasteiger partial charge in [0.25, 0.3) is 5.91 Å². The van der Waals surface area contributed by atoms with Crippen molar-refractivity contribution in [3.8, 4) is 6.07 Å². The summed E-state index contributed by atoms with van der Waals surface area (Å²) >= 11 is 1.54. The van der Waals surface area contributed by atoms with Gasteiger partial charge in [0.2, 0.25) is 0 Å². The fourth-order valence-electron chi connectivity index (χ4n) is 3.18. The molecule has 0 radical (unpaired) electrons. The van der Waals surface area contributed by atoms with Gasteiger partial charge in [-0.05, 0) is 44.6 Å². The van der Waals surface area contributed by atoms with Crippen molar-refractivity contribution >= 4 is 22.2 Å². The third kappa shape index (κ3) is 2.77. The first-order chi connectivity index (χ1) is 11.0. The average Bonchev–Trinajstić information content (AvgIpc) is 3.05. The number of hydrogen-bond donors (Lipinski definition) is 1. The SMILES string of the molecule is CCC1CCc2c(sc(NC(=O)c3c(C)noc3C)c2C#N)C1. The lowest BCUT2D eigenvalue weighted by molar-refractivity contribution is 0.102. The van der Waals surface area contributed by atoms with E-state index in [0.717, 1.165) is 31.2 Å². The van der Waals surface area contributed by atoms with Crippen molar-refractivity contribution in [1.82, 2.24) is 5.16 Å². The molecule has 2 heterocycles. The third-order valence-electron chi connectivity index (χ3n) is 4.54. The number of amides is 1. The lowest BCUT2D eigenvalue weighted by atomic mass is 9.86. The summed E-state index contributed by atoms with van der Waals surface area (Å²) in [7, 11) is 0. The lowest BCUT2D eigenvalue weighted by Crippen LogP contribution is -2.14. The van der Waals surface area contributed by atoms with Gasteiger partial charge in [0, 0.05) is 4.88 Å². The van der Waals surface area contributed by atoms with Gasteiger partial charge in [-0.25, -0.2) is 0 Å². The summed E-state index contributed by atoms with van der Waals surface area (Å²) in [6.07, 6.45) is 4.20. The zero-order valence-electron chi connectivity index (χ0n) is 13.5. The fourth-order valence-corrected chi connectivity index (χ4v) is 4.49. The highest BCUT2D eigenvalue weighted by Gasteiger charge is 2.27. The molecule has 1 aliphatic rings. The minimum atomic E-state index is -0.261. The van der Waals surface area contributed by atoms with Crippen LogP contribution in [0, 0.1) is 31.1 Å². The monoisotopic (exact) mass is 329 g/mol. The number of nitrogens with one attached hydrogen (secondary N) is 1. The molecule has 0 bridgehead atoms. The van der Waals surface area contributed by atoms with E-state index in [1.165, 1.54) is 16.2 Å². The van der Waals surface area contributed by atoms with E-state index in [1.807, 2.05) is 0 Å². The molecule has 23 heavy (non-hydrogen) atoms. The Morgan fingerprint density at radius 1 is 1.52 bits per heavy atom. The molecule has 3 rings (SSSR count). The Balaban J connectivity index is 1.91. The average molecular weight is 329 g/mol. The number of fused-ring (bicyclic) bond motifs is 1. The summed E-state index contributed by atoms with van der Waals surface area (Å²) in [6, 6.07) is 2.27. The number of anilines is 1. The van der Waals surface area contributed by atoms with E-state index in [9.17, 15) is 10.1 Å². The molecule has 0 spiro atoms. The maximum Gasteiger partial charge on any atom is 0.261 e. The molecule has 6 heteroatoms. The van der Waals surface area contributed by atoms with Gasteiger partial charge in [-0.1, -0.05) is 18.5 Å². The van der Waals surface area contributed by atoms with E-state index in [2.05, 4.69) is 23.5 Å². The first kappa shape index (κ1) is 15.8. The molecule has 120 valence electrons. The highest BCUT2D eigenvalue weighted by molar-refractivity contribution is 7.16. The molecule has 0 aliphatic heterocycles. The second-order valence-electron chi connectivity index (χ2n) is 5.99. The predicted octanol–water partition coefficient (Wildman–Crippen LogP) is 3.99. The number of aryl methyl sites for hydroxylation is 2. The molecule has 1 amide bonds. The molecular formula is C17H19N3O2S. The van der Waals surface area contributed by atoms with Crippen LogP contribution in [0.15, 0.2) is 4.52 Å². The molecule has 1 unspecified atom stereocenters. The van der Waals surface area contributed by atoms with Crippen LogP contribution in [0.3, 0.4) is 0 Å². The Morgan fingerprint density at radius 2 is 2.30 bits per heavy atom. The molecule has 2 aromatic rings. The van der Waals surface area contributed by atoms with Crippen molar-refractivity contribution in [2.24, 2.45) is 5.92 Å². The normalized spacial score (nSPS) is 16.7. The minimum Gasteiger partial charge on any atom is -0.361 e. The van der Waals surface area contributed by atoms with E-state index in [1.54, 1.807) is 13.8 Å². The quantitative estimate of drug-likeness (QED) is 0.923. The van der Waals surface area contributed by atoms with Gasteiger partial charge in [0.05, 0.1) is 11.3 Å². The van der Waals surface area contributed by atoms with Gasteiger partial charge in [0.15, 0.2) is 0 Å². The zero-order chi connectivity index (χ0) is 16.6. The second kappa shape index (κ2) is 6.17. The number of nitrogens with zero attached hydrogens (tertiary/aromatic N) is 2. The van der Waals surface area contributed by atoms with Crippen LogP contribution < -0.4 is 5.32 Å². The Kier molecular flexibility index (Phi) is 4.22. The molecule has 5 nitrogen and oxygen atoms in total. The maximum atomic E-state index is 12.5. The predicted molar refractivity (Wildman–Crippen MR) is 88.8 cm³/mol. The first-order valence-corrected chi connectivity index (χ1v) is 8.65. The number of carbonyl (C=O) groups is 1. The highest BCUT2D eigenvalue weighted by atomic mass is 32.1. The molecule has 0 saturated carbocycles. The van der Waals surface area contributed by atoms with Crippen LogP contribution in [0.4, 0.5) is 5.00 Å². The molecule has 1 atom stereocenters. The molecule has 0 saturated heterocycles. The van der Waals surface area contributed by atoms with Crippen molar-refractivity contribution in [2.45, 2.75) is 46.5 Å². The Labute approximate surface area is 139 Å². The summed E-state index contributed by atoms with van der Waals surface area (Å²) in [5, 5.41) is 16.9. The zero-order valence-corrected chi connectivity index (χ0v) is 14.3. The number of thiophene rings is 1. The van der Waals surface area contributed by atoms with E-state index < -0.39 is 0 Å². The second-order valence-corrected chi connectivity index (χ2v) is 7.10. The summed E-state index contributed by atoms with van der Waals surface area (Å²) in [6.45, 7) is 5.65. The molecule has 0 aromatic carbocycles. The number of carbonyl (C=O) groups excluding carboxylic acids is 1. The van der Waals surface area contributed by atoms with Crippen molar-refractivity contribution in [2.75, 3.05) is 5.32 Å². The summed E-state index contributed by atoms with van der Waals surface area (Å²) in [5.74, 6) is 0.910. The molecule has 1 N–H and O–H groups in total. The smallest absolute Gasteiger partial charge is 0.261 e. The lowest BCUT2D eigenvalue weighted by Gasteiger charge is -2.20. The molecule has 2 aromatic heterocycles.